The maximum absolute atomic E-state index is 6.22. The van der Waals surface area contributed by atoms with Gasteiger partial charge in [-0.25, -0.2) is 0 Å². The highest BCUT2D eigenvalue weighted by Gasteiger charge is 2.18. The number of fused-ring (bicyclic) bond motifs is 1. The van der Waals surface area contributed by atoms with Crippen LogP contribution in [-0.2, 0) is 4.74 Å². The molecule has 2 heterocycles. The first-order valence-corrected chi connectivity index (χ1v) is 7.83. The fraction of sp³-hybridized carbons (Fsp3) is 0.571. The van der Waals surface area contributed by atoms with E-state index >= 15 is 0 Å². The van der Waals surface area contributed by atoms with Crippen LogP contribution in [0.5, 0.6) is 11.5 Å². The van der Waals surface area contributed by atoms with Gasteiger partial charge in [-0.2, -0.15) is 11.8 Å². The Morgan fingerprint density at radius 3 is 3.05 bits per heavy atom. The first-order valence-electron chi connectivity index (χ1n) is 6.67. The van der Waals surface area contributed by atoms with Crippen molar-refractivity contribution >= 4 is 11.8 Å². The number of benzene rings is 1. The molecule has 2 N–H and O–H groups in total. The van der Waals surface area contributed by atoms with Crippen LogP contribution < -0.4 is 15.2 Å². The minimum Gasteiger partial charge on any atom is -0.454 e. The smallest absolute Gasteiger partial charge is 0.231 e. The molecule has 2 atom stereocenters. The van der Waals surface area contributed by atoms with Crippen molar-refractivity contribution in [1.82, 2.24) is 0 Å². The Kier molecular flexibility index (Phi) is 4.15. The van der Waals surface area contributed by atoms with E-state index in [1.54, 1.807) is 0 Å². The van der Waals surface area contributed by atoms with Crippen molar-refractivity contribution in [3.05, 3.63) is 23.8 Å². The van der Waals surface area contributed by atoms with Gasteiger partial charge < -0.3 is 19.9 Å². The molecule has 2 unspecified atom stereocenters. The molecule has 0 radical (unpaired) electrons. The van der Waals surface area contributed by atoms with Gasteiger partial charge in [-0.05, 0) is 30.5 Å². The molecule has 3 rings (SSSR count). The molecule has 0 bridgehead atoms. The van der Waals surface area contributed by atoms with Gasteiger partial charge >= 0.3 is 0 Å². The number of thioether (sulfide) groups is 1. The van der Waals surface area contributed by atoms with Crippen LogP contribution >= 0.6 is 11.8 Å². The SMILES string of the molecule is NC(CSCC1CCCO1)c1ccc2c(c1)OCO2. The Labute approximate surface area is 117 Å². The zero-order chi connectivity index (χ0) is 13.1. The van der Waals surface area contributed by atoms with Gasteiger partial charge in [-0.3, -0.25) is 0 Å². The molecule has 1 aromatic rings. The summed E-state index contributed by atoms with van der Waals surface area (Å²) in [6.45, 7) is 1.22. The normalized spacial score (nSPS) is 22.7. The van der Waals surface area contributed by atoms with Gasteiger partial charge in [-0.1, -0.05) is 6.07 Å². The summed E-state index contributed by atoms with van der Waals surface area (Å²) in [5, 5.41) is 0. The molecule has 5 heteroatoms. The van der Waals surface area contributed by atoms with Gasteiger partial charge in [0, 0.05) is 24.2 Å². The lowest BCUT2D eigenvalue weighted by Crippen LogP contribution is -2.15. The Hall–Kier alpha value is -0.910. The average molecular weight is 281 g/mol. The molecule has 0 aromatic heterocycles. The van der Waals surface area contributed by atoms with Crippen LogP contribution in [0.4, 0.5) is 0 Å². The predicted molar refractivity (Wildman–Crippen MR) is 75.8 cm³/mol. The largest absolute Gasteiger partial charge is 0.454 e. The number of ether oxygens (including phenoxy) is 3. The van der Waals surface area contributed by atoms with E-state index in [-0.39, 0.29) is 6.04 Å². The molecule has 0 spiro atoms. The van der Waals surface area contributed by atoms with E-state index in [0.717, 1.165) is 35.2 Å². The molecular weight excluding hydrogens is 262 g/mol. The summed E-state index contributed by atoms with van der Waals surface area (Å²) in [6.07, 6.45) is 2.81. The molecule has 2 aliphatic rings. The topological polar surface area (TPSA) is 53.7 Å². The first kappa shape index (κ1) is 13.1. The summed E-state index contributed by atoms with van der Waals surface area (Å²) < 4.78 is 16.3. The van der Waals surface area contributed by atoms with Gasteiger partial charge in [0.15, 0.2) is 11.5 Å². The fourth-order valence-electron chi connectivity index (χ4n) is 2.34. The van der Waals surface area contributed by atoms with Crippen molar-refractivity contribution in [1.29, 1.82) is 0 Å². The molecule has 0 amide bonds. The lowest BCUT2D eigenvalue weighted by Gasteiger charge is -2.14. The zero-order valence-electron chi connectivity index (χ0n) is 10.8. The van der Waals surface area contributed by atoms with Crippen molar-refractivity contribution < 1.29 is 14.2 Å². The van der Waals surface area contributed by atoms with Crippen LogP contribution in [0.25, 0.3) is 0 Å². The van der Waals surface area contributed by atoms with E-state index in [9.17, 15) is 0 Å². The van der Waals surface area contributed by atoms with Crippen LogP contribution in [0.1, 0.15) is 24.4 Å². The zero-order valence-corrected chi connectivity index (χ0v) is 11.7. The maximum atomic E-state index is 6.22. The van der Waals surface area contributed by atoms with Crippen molar-refractivity contribution in [2.45, 2.75) is 25.0 Å². The second kappa shape index (κ2) is 6.03. The fourth-order valence-corrected chi connectivity index (χ4v) is 3.45. The Balaban J connectivity index is 1.50. The Bertz CT molecular complexity index is 435. The molecule has 1 saturated heterocycles. The molecule has 1 aromatic carbocycles. The highest BCUT2D eigenvalue weighted by Crippen LogP contribution is 2.34. The van der Waals surface area contributed by atoms with Gasteiger partial charge in [0.2, 0.25) is 6.79 Å². The lowest BCUT2D eigenvalue weighted by atomic mass is 10.1. The highest BCUT2D eigenvalue weighted by molar-refractivity contribution is 7.99. The summed E-state index contributed by atoms with van der Waals surface area (Å²) in [6, 6.07) is 5.97. The third kappa shape index (κ3) is 3.16. The van der Waals surface area contributed by atoms with E-state index in [4.69, 9.17) is 19.9 Å². The third-order valence-corrected chi connectivity index (χ3v) is 4.65. The summed E-state index contributed by atoms with van der Waals surface area (Å²) in [5.74, 6) is 3.55. The number of hydrogen-bond donors (Lipinski definition) is 1. The van der Waals surface area contributed by atoms with Crippen LogP contribution in [0.15, 0.2) is 18.2 Å². The Morgan fingerprint density at radius 1 is 1.32 bits per heavy atom. The number of rotatable bonds is 5. The number of nitrogens with two attached hydrogens (primary N) is 1. The molecule has 0 aliphatic carbocycles. The van der Waals surface area contributed by atoms with Gasteiger partial charge in [0.1, 0.15) is 0 Å². The molecule has 4 nitrogen and oxygen atoms in total. The summed E-state index contributed by atoms with van der Waals surface area (Å²) in [7, 11) is 0. The van der Waals surface area contributed by atoms with Crippen molar-refractivity contribution in [3.63, 3.8) is 0 Å². The summed E-state index contributed by atoms with van der Waals surface area (Å²) in [5.41, 5.74) is 7.32. The standard InChI is InChI=1S/C14H19NO3S/c15-12(8-19-7-11-2-1-5-16-11)10-3-4-13-14(6-10)18-9-17-13/h3-4,6,11-12H,1-2,5,7-9,15H2. The second-order valence-corrected chi connectivity index (χ2v) is 5.97. The first-order chi connectivity index (χ1) is 9.33. The molecule has 0 saturated carbocycles. The van der Waals surface area contributed by atoms with E-state index in [0.29, 0.717) is 12.9 Å². The van der Waals surface area contributed by atoms with E-state index in [1.165, 1.54) is 12.8 Å². The monoisotopic (exact) mass is 281 g/mol. The van der Waals surface area contributed by atoms with Crippen LogP contribution in [0, 0.1) is 0 Å². The van der Waals surface area contributed by atoms with Crippen molar-refractivity contribution in [3.8, 4) is 11.5 Å². The van der Waals surface area contributed by atoms with E-state index < -0.39 is 0 Å². The lowest BCUT2D eigenvalue weighted by molar-refractivity contribution is 0.129. The predicted octanol–water partition coefficient (Wildman–Crippen LogP) is 2.33. The molecule has 104 valence electrons. The van der Waals surface area contributed by atoms with E-state index in [2.05, 4.69) is 0 Å². The molecule has 1 fully saturated rings. The van der Waals surface area contributed by atoms with Gasteiger partial charge in [-0.15, -0.1) is 0 Å². The van der Waals surface area contributed by atoms with Crippen molar-refractivity contribution in [2.75, 3.05) is 24.9 Å². The maximum Gasteiger partial charge on any atom is 0.231 e. The van der Waals surface area contributed by atoms with E-state index in [1.807, 2.05) is 30.0 Å². The second-order valence-electron chi connectivity index (χ2n) is 4.89. The van der Waals surface area contributed by atoms with Crippen LogP contribution in [-0.4, -0.2) is 31.0 Å². The average Bonchev–Trinajstić information content (AvgIpc) is 3.08. The summed E-state index contributed by atoms with van der Waals surface area (Å²) in [4.78, 5) is 0. The van der Waals surface area contributed by atoms with Gasteiger partial charge in [0.25, 0.3) is 0 Å². The molecule has 19 heavy (non-hydrogen) atoms. The van der Waals surface area contributed by atoms with Crippen LogP contribution in [0.2, 0.25) is 0 Å². The molecule has 2 aliphatic heterocycles. The quantitative estimate of drug-likeness (QED) is 0.897. The van der Waals surface area contributed by atoms with Crippen LogP contribution in [0.3, 0.4) is 0 Å². The summed E-state index contributed by atoms with van der Waals surface area (Å²) >= 11 is 1.86. The highest BCUT2D eigenvalue weighted by atomic mass is 32.2. The minimum absolute atomic E-state index is 0.0286. The Morgan fingerprint density at radius 2 is 2.21 bits per heavy atom. The number of hydrogen-bond acceptors (Lipinski definition) is 5. The minimum atomic E-state index is 0.0286. The van der Waals surface area contributed by atoms with Crippen molar-refractivity contribution in [2.24, 2.45) is 5.73 Å². The third-order valence-electron chi connectivity index (χ3n) is 3.45. The van der Waals surface area contributed by atoms with Gasteiger partial charge in [0.05, 0.1) is 6.10 Å². The molecular formula is C14H19NO3S.